The van der Waals surface area contributed by atoms with Crippen molar-refractivity contribution in [3.8, 4) is 6.07 Å². The third kappa shape index (κ3) is 3.18. The summed E-state index contributed by atoms with van der Waals surface area (Å²) in [6.45, 7) is 0.781. The summed E-state index contributed by atoms with van der Waals surface area (Å²) in [5.74, 6) is 1.13. The highest BCUT2D eigenvalue weighted by Crippen LogP contribution is 2.24. The van der Waals surface area contributed by atoms with E-state index >= 15 is 0 Å². The van der Waals surface area contributed by atoms with Gasteiger partial charge in [-0.2, -0.15) is 5.26 Å². The fraction of sp³-hybridized carbons (Fsp3) is 0.538. The minimum absolute atomic E-state index is 0.158. The van der Waals surface area contributed by atoms with Gasteiger partial charge in [-0.15, -0.1) is 0 Å². The summed E-state index contributed by atoms with van der Waals surface area (Å²) < 4.78 is 0. The van der Waals surface area contributed by atoms with Crippen LogP contribution < -0.4 is 5.32 Å². The number of pyridine rings is 1. The second-order valence-electron chi connectivity index (χ2n) is 4.58. The van der Waals surface area contributed by atoms with Gasteiger partial charge >= 0.3 is 0 Å². The van der Waals surface area contributed by atoms with Gasteiger partial charge < -0.3 is 10.4 Å². The molecule has 4 nitrogen and oxygen atoms in total. The first-order valence-corrected chi connectivity index (χ1v) is 6.06. The average molecular weight is 231 g/mol. The molecule has 2 rings (SSSR count). The van der Waals surface area contributed by atoms with Crippen LogP contribution in [0.4, 0.5) is 5.82 Å². The van der Waals surface area contributed by atoms with E-state index in [-0.39, 0.29) is 6.10 Å². The Balaban J connectivity index is 1.91. The minimum atomic E-state index is -0.158. The number of aliphatic hydroxyl groups is 1. The Morgan fingerprint density at radius 1 is 1.53 bits per heavy atom. The molecular weight excluding hydrogens is 214 g/mol. The smallest absolute Gasteiger partial charge is 0.143 e. The molecule has 1 aromatic heterocycles. The molecular formula is C13H17N3O. The van der Waals surface area contributed by atoms with E-state index in [0.29, 0.717) is 17.3 Å². The maximum Gasteiger partial charge on any atom is 0.143 e. The van der Waals surface area contributed by atoms with Crippen LogP contribution in [0.5, 0.6) is 0 Å². The molecule has 0 radical (unpaired) electrons. The minimum Gasteiger partial charge on any atom is -0.393 e. The van der Waals surface area contributed by atoms with Crippen molar-refractivity contribution in [2.45, 2.75) is 31.8 Å². The normalized spacial score (nSPS) is 24.0. The van der Waals surface area contributed by atoms with Crippen molar-refractivity contribution in [2.75, 3.05) is 11.9 Å². The van der Waals surface area contributed by atoms with Gasteiger partial charge in [-0.25, -0.2) is 4.98 Å². The lowest BCUT2D eigenvalue weighted by molar-refractivity contribution is 0.104. The number of hydrogen-bond acceptors (Lipinski definition) is 4. The molecule has 2 atom stereocenters. The standard InChI is InChI=1S/C13H17N3O/c14-8-11-4-2-6-15-13(11)16-9-10-3-1-5-12(17)7-10/h2,4,6,10,12,17H,1,3,5,7,9H2,(H,15,16). The Morgan fingerprint density at radius 2 is 2.41 bits per heavy atom. The first-order chi connectivity index (χ1) is 8.29. The molecule has 17 heavy (non-hydrogen) atoms. The maximum atomic E-state index is 9.58. The molecule has 1 heterocycles. The number of rotatable bonds is 3. The van der Waals surface area contributed by atoms with Crippen LogP contribution in [0.1, 0.15) is 31.2 Å². The molecule has 1 aromatic rings. The van der Waals surface area contributed by atoms with Gasteiger partial charge in [-0.05, 0) is 37.3 Å². The predicted molar refractivity (Wildman–Crippen MR) is 65.4 cm³/mol. The van der Waals surface area contributed by atoms with Crippen molar-refractivity contribution in [2.24, 2.45) is 5.92 Å². The first kappa shape index (κ1) is 11.9. The Bertz CT molecular complexity index is 413. The average Bonchev–Trinajstić information content (AvgIpc) is 2.37. The zero-order valence-electron chi connectivity index (χ0n) is 9.76. The molecule has 0 aliphatic heterocycles. The molecule has 1 fully saturated rings. The third-order valence-corrected chi connectivity index (χ3v) is 3.24. The molecule has 1 aliphatic rings. The van der Waals surface area contributed by atoms with E-state index in [2.05, 4.69) is 16.4 Å². The van der Waals surface area contributed by atoms with Crippen LogP contribution in [0.25, 0.3) is 0 Å². The van der Waals surface area contributed by atoms with Crippen molar-refractivity contribution in [1.82, 2.24) is 4.98 Å². The lowest BCUT2D eigenvalue weighted by Gasteiger charge is -2.26. The Hall–Kier alpha value is -1.60. The van der Waals surface area contributed by atoms with Crippen molar-refractivity contribution in [3.63, 3.8) is 0 Å². The van der Waals surface area contributed by atoms with E-state index in [1.807, 2.05) is 0 Å². The molecule has 0 amide bonds. The molecule has 1 aliphatic carbocycles. The Morgan fingerprint density at radius 3 is 3.18 bits per heavy atom. The van der Waals surface area contributed by atoms with E-state index in [9.17, 15) is 5.11 Å². The van der Waals surface area contributed by atoms with Crippen LogP contribution in [-0.2, 0) is 0 Å². The highest BCUT2D eigenvalue weighted by Gasteiger charge is 2.20. The maximum absolute atomic E-state index is 9.58. The summed E-state index contributed by atoms with van der Waals surface area (Å²) in [5, 5.41) is 21.7. The summed E-state index contributed by atoms with van der Waals surface area (Å²) in [6.07, 6.45) is 5.51. The van der Waals surface area contributed by atoms with Gasteiger partial charge in [0.25, 0.3) is 0 Å². The fourth-order valence-electron chi connectivity index (χ4n) is 2.33. The zero-order valence-corrected chi connectivity index (χ0v) is 9.76. The molecule has 4 heteroatoms. The summed E-state index contributed by atoms with van der Waals surface area (Å²) >= 11 is 0. The van der Waals surface area contributed by atoms with Crippen LogP contribution in [0, 0.1) is 17.2 Å². The van der Waals surface area contributed by atoms with Gasteiger partial charge in [0.15, 0.2) is 0 Å². The Labute approximate surface area is 101 Å². The Kier molecular flexibility index (Phi) is 3.94. The monoisotopic (exact) mass is 231 g/mol. The van der Waals surface area contributed by atoms with Crippen LogP contribution in [-0.4, -0.2) is 22.7 Å². The van der Waals surface area contributed by atoms with Crippen LogP contribution in [0.15, 0.2) is 18.3 Å². The zero-order chi connectivity index (χ0) is 12.1. The molecule has 90 valence electrons. The highest BCUT2D eigenvalue weighted by atomic mass is 16.3. The van der Waals surface area contributed by atoms with E-state index in [1.165, 1.54) is 0 Å². The molecule has 1 saturated carbocycles. The number of anilines is 1. The predicted octanol–water partition coefficient (Wildman–Crippen LogP) is 1.92. The van der Waals surface area contributed by atoms with E-state index in [1.54, 1.807) is 18.3 Å². The van der Waals surface area contributed by atoms with Crippen molar-refractivity contribution >= 4 is 5.82 Å². The number of nitrogens with one attached hydrogen (secondary N) is 1. The second kappa shape index (κ2) is 5.65. The van der Waals surface area contributed by atoms with Crippen LogP contribution in [0.2, 0.25) is 0 Å². The second-order valence-corrected chi connectivity index (χ2v) is 4.58. The lowest BCUT2D eigenvalue weighted by atomic mass is 9.87. The van der Waals surface area contributed by atoms with Crippen molar-refractivity contribution in [1.29, 1.82) is 5.26 Å². The van der Waals surface area contributed by atoms with Gasteiger partial charge in [0, 0.05) is 12.7 Å². The van der Waals surface area contributed by atoms with Crippen LogP contribution in [0.3, 0.4) is 0 Å². The number of aromatic nitrogens is 1. The number of hydrogen-bond donors (Lipinski definition) is 2. The number of aliphatic hydroxyl groups excluding tert-OH is 1. The summed E-state index contributed by atoms with van der Waals surface area (Å²) in [7, 11) is 0. The molecule has 2 unspecified atom stereocenters. The number of nitrogens with zero attached hydrogens (tertiary/aromatic N) is 2. The van der Waals surface area contributed by atoms with Gasteiger partial charge in [0.1, 0.15) is 11.9 Å². The summed E-state index contributed by atoms with van der Waals surface area (Å²) in [6, 6.07) is 5.63. The van der Waals surface area contributed by atoms with Gasteiger partial charge in [0.05, 0.1) is 11.7 Å². The number of nitriles is 1. The molecule has 0 spiro atoms. The molecule has 0 bridgehead atoms. The van der Waals surface area contributed by atoms with Crippen molar-refractivity contribution < 1.29 is 5.11 Å². The summed E-state index contributed by atoms with van der Waals surface area (Å²) in [4.78, 5) is 4.16. The molecule has 2 N–H and O–H groups in total. The van der Waals surface area contributed by atoms with Crippen molar-refractivity contribution in [3.05, 3.63) is 23.9 Å². The quantitative estimate of drug-likeness (QED) is 0.833. The van der Waals surface area contributed by atoms with Gasteiger partial charge in [-0.3, -0.25) is 0 Å². The SMILES string of the molecule is N#Cc1cccnc1NCC1CCCC(O)C1. The third-order valence-electron chi connectivity index (χ3n) is 3.24. The largest absolute Gasteiger partial charge is 0.393 e. The first-order valence-electron chi connectivity index (χ1n) is 6.06. The van der Waals surface area contributed by atoms with Gasteiger partial charge in [-0.1, -0.05) is 6.42 Å². The molecule has 0 saturated heterocycles. The highest BCUT2D eigenvalue weighted by molar-refractivity contribution is 5.51. The molecule has 0 aromatic carbocycles. The fourth-order valence-corrected chi connectivity index (χ4v) is 2.33. The van der Waals surface area contributed by atoms with Gasteiger partial charge in [0.2, 0.25) is 0 Å². The van der Waals surface area contributed by atoms with Crippen LogP contribution >= 0.6 is 0 Å². The van der Waals surface area contributed by atoms with E-state index in [4.69, 9.17) is 5.26 Å². The van der Waals surface area contributed by atoms with E-state index < -0.39 is 0 Å². The lowest BCUT2D eigenvalue weighted by Crippen LogP contribution is -2.25. The summed E-state index contributed by atoms with van der Waals surface area (Å²) in [5.41, 5.74) is 0.573. The van der Waals surface area contributed by atoms with E-state index in [0.717, 1.165) is 32.2 Å². The topological polar surface area (TPSA) is 68.9 Å².